The number of ether oxygens (including phenoxy) is 1. The molecule has 2 rings (SSSR count). The number of likely N-dealkylation sites (tertiary alicyclic amines) is 1. The summed E-state index contributed by atoms with van der Waals surface area (Å²) in [7, 11) is 1.66. The van der Waals surface area contributed by atoms with E-state index in [1.54, 1.807) is 7.11 Å². The Morgan fingerprint density at radius 3 is 2.28 bits per heavy atom. The zero-order valence-electron chi connectivity index (χ0n) is 16.0. The van der Waals surface area contributed by atoms with Crippen molar-refractivity contribution in [2.45, 2.75) is 52.1 Å². The largest absolute Gasteiger partial charge is 0.497 e. The molecule has 2 amide bonds. The van der Waals surface area contributed by atoms with Crippen LogP contribution >= 0.6 is 0 Å². The molecule has 1 saturated heterocycles. The number of hydrogen-bond donors (Lipinski definition) is 2. The van der Waals surface area contributed by atoms with Crippen LogP contribution in [0.1, 0.15) is 51.6 Å². The summed E-state index contributed by atoms with van der Waals surface area (Å²) >= 11 is 0. The van der Waals surface area contributed by atoms with E-state index in [0.717, 1.165) is 30.9 Å². The third-order valence-corrected chi connectivity index (χ3v) is 4.79. The predicted octanol–water partition coefficient (Wildman–Crippen LogP) is 3.57. The molecule has 0 aliphatic carbocycles. The Balaban J connectivity index is 1.88. The molecule has 1 aromatic carbocycles. The molecule has 0 radical (unpaired) electrons. The fraction of sp³-hybridized carbons (Fsp3) is 0.650. The van der Waals surface area contributed by atoms with Crippen molar-refractivity contribution in [3.8, 4) is 5.75 Å². The number of urea groups is 1. The van der Waals surface area contributed by atoms with Gasteiger partial charge in [0.25, 0.3) is 0 Å². The topological polar surface area (TPSA) is 53.6 Å². The second-order valence-electron chi connectivity index (χ2n) is 7.37. The minimum absolute atomic E-state index is 0.0203. The zero-order chi connectivity index (χ0) is 18.2. The van der Waals surface area contributed by atoms with Crippen molar-refractivity contribution in [3.05, 3.63) is 29.8 Å². The third kappa shape index (κ3) is 6.24. The maximum absolute atomic E-state index is 12.4. The number of benzene rings is 1. The highest BCUT2D eigenvalue weighted by atomic mass is 16.5. The summed E-state index contributed by atoms with van der Waals surface area (Å²) in [6, 6.07) is 7.92. The molecule has 25 heavy (non-hydrogen) atoms. The lowest BCUT2D eigenvalue weighted by Crippen LogP contribution is -2.48. The molecular weight excluding hydrogens is 314 g/mol. The molecule has 2 N–H and O–H groups in total. The molecule has 1 aliphatic heterocycles. The van der Waals surface area contributed by atoms with Gasteiger partial charge in [0.05, 0.1) is 13.2 Å². The molecule has 1 aromatic rings. The molecule has 0 aromatic heterocycles. The third-order valence-electron chi connectivity index (χ3n) is 4.79. The first-order valence-corrected chi connectivity index (χ1v) is 9.43. The number of carbonyl (C=O) groups excluding carboxylic acids is 1. The van der Waals surface area contributed by atoms with Gasteiger partial charge in [-0.3, -0.25) is 0 Å². The quantitative estimate of drug-likeness (QED) is 0.793. The lowest BCUT2D eigenvalue weighted by atomic mass is 9.96. The van der Waals surface area contributed by atoms with Crippen molar-refractivity contribution in [2.24, 2.45) is 5.92 Å². The van der Waals surface area contributed by atoms with Crippen LogP contribution < -0.4 is 15.4 Å². The van der Waals surface area contributed by atoms with E-state index >= 15 is 0 Å². The highest BCUT2D eigenvalue weighted by Crippen LogP contribution is 2.23. The second-order valence-corrected chi connectivity index (χ2v) is 7.37. The molecule has 1 heterocycles. The number of carbonyl (C=O) groups is 1. The fourth-order valence-electron chi connectivity index (χ4n) is 3.43. The minimum Gasteiger partial charge on any atom is -0.497 e. The average molecular weight is 348 g/mol. The minimum atomic E-state index is -0.0981. The normalized spacial score (nSPS) is 17.8. The van der Waals surface area contributed by atoms with Crippen molar-refractivity contribution >= 4 is 6.03 Å². The van der Waals surface area contributed by atoms with Crippen LogP contribution in [0.25, 0.3) is 0 Å². The highest BCUT2D eigenvalue weighted by Gasteiger charge is 2.20. The molecular formula is C20H33N3O2. The van der Waals surface area contributed by atoms with Crippen molar-refractivity contribution in [3.63, 3.8) is 0 Å². The van der Waals surface area contributed by atoms with Gasteiger partial charge in [-0.2, -0.15) is 0 Å². The molecule has 1 aliphatic rings. The van der Waals surface area contributed by atoms with Crippen LogP contribution in [-0.4, -0.2) is 43.7 Å². The van der Waals surface area contributed by atoms with E-state index in [4.69, 9.17) is 4.74 Å². The maximum Gasteiger partial charge on any atom is 0.315 e. The van der Waals surface area contributed by atoms with Gasteiger partial charge in [0, 0.05) is 12.6 Å². The summed E-state index contributed by atoms with van der Waals surface area (Å²) in [6.45, 7) is 9.52. The van der Waals surface area contributed by atoms with Gasteiger partial charge in [0.2, 0.25) is 0 Å². The Morgan fingerprint density at radius 2 is 1.72 bits per heavy atom. The molecule has 140 valence electrons. The van der Waals surface area contributed by atoms with Gasteiger partial charge >= 0.3 is 6.03 Å². The van der Waals surface area contributed by atoms with Gasteiger partial charge in [0.15, 0.2) is 0 Å². The summed E-state index contributed by atoms with van der Waals surface area (Å²) < 4.78 is 5.21. The van der Waals surface area contributed by atoms with E-state index in [1.807, 2.05) is 24.3 Å². The van der Waals surface area contributed by atoms with Crippen LogP contribution in [0.3, 0.4) is 0 Å². The summed E-state index contributed by atoms with van der Waals surface area (Å²) in [5.74, 6) is 1.13. The van der Waals surface area contributed by atoms with Crippen LogP contribution in [0.5, 0.6) is 5.75 Å². The van der Waals surface area contributed by atoms with Crippen molar-refractivity contribution in [2.75, 3.05) is 26.7 Å². The van der Waals surface area contributed by atoms with Gasteiger partial charge in [-0.1, -0.05) is 32.4 Å². The van der Waals surface area contributed by atoms with Gasteiger partial charge < -0.3 is 20.3 Å². The summed E-state index contributed by atoms with van der Waals surface area (Å²) in [4.78, 5) is 14.9. The van der Waals surface area contributed by atoms with Crippen molar-refractivity contribution in [1.82, 2.24) is 15.5 Å². The fourth-order valence-corrected chi connectivity index (χ4v) is 3.43. The number of methoxy groups -OCH3 is 1. The number of nitrogens with zero attached hydrogens (tertiary/aromatic N) is 1. The van der Waals surface area contributed by atoms with Crippen LogP contribution in [0, 0.1) is 5.92 Å². The number of nitrogens with one attached hydrogen (secondary N) is 2. The average Bonchev–Trinajstić information content (AvgIpc) is 2.60. The van der Waals surface area contributed by atoms with Crippen LogP contribution in [0.2, 0.25) is 0 Å². The number of amides is 2. The monoisotopic (exact) mass is 347 g/mol. The molecule has 0 bridgehead atoms. The number of hydrogen-bond acceptors (Lipinski definition) is 3. The van der Waals surface area contributed by atoms with Crippen molar-refractivity contribution in [1.29, 1.82) is 0 Å². The Bertz CT molecular complexity index is 524. The maximum atomic E-state index is 12.4. The molecule has 0 saturated carbocycles. The van der Waals surface area contributed by atoms with E-state index in [2.05, 4.69) is 36.3 Å². The van der Waals surface area contributed by atoms with Gasteiger partial charge in [-0.15, -0.1) is 0 Å². The van der Waals surface area contributed by atoms with Crippen LogP contribution in [0.15, 0.2) is 24.3 Å². The van der Waals surface area contributed by atoms with Gasteiger partial charge in [-0.25, -0.2) is 4.79 Å². The summed E-state index contributed by atoms with van der Waals surface area (Å²) in [6.07, 6.45) is 3.87. The van der Waals surface area contributed by atoms with E-state index in [1.165, 1.54) is 19.3 Å². The number of rotatable bonds is 7. The van der Waals surface area contributed by atoms with E-state index in [-0.39, 0.29) is 18.1 Å². The van der Waals surface area contributed by atoms with Crippen LogP contribution in [0.4, 0.5) is 4.79 Å². The zero-order valence-corrected chi connectivity index (χ0v) is 16.0. The standard InChI is InChI=1S/C20H33N3O2/c1-15(2)19(17-8-10-18(25-4)11-9-17)22-20(24)21-16(3)14-23-12-6-5-7-13-23/h8-11,15-16,19H,5-7,12-14H2,1-4H3,(H2,21,22,24). The van der Waals surface area contributed by atoms with Gasteiger partial charge in [0.1, 0.15) is 5.75 Å². The SMILES string of the molecule is COc1ccc(C(NC(=O)NC(C)CN2CCCCC2)C(C)C)cc1. The van der Waals surface area contributed by atoms with Crippen LogP contribution in [-0.2, 0) is 0 Å². The Hall–Kier alpha value is -1.75. The molecule has 1 fully saturated rings. The predicted molar refractivity (Wildman–Crippen MR) is 102 cm³/mol. The first-order chi connectivity index (χ1) is 12.0. The molecule has 2 atom stereocenters. The smallest absolute Gasteiger partial charge is 0.315 e. The summed E-state index contributed by atoms with van der Waals surface area (Å²) in [5.41, 5.74) is 1.09. The Kier molecular flexibility index (Phi) is 7.56. The lowest BCUT2D eigenvalue weighted by Gasteiger charge is -2.30. The second kappa shape index (κ2) is 9.66. The first kappa shape index (κ1) is 19.6. The highest BCUT2D eigenvalue weighted by molar-refractivity contribution is 5.74. The molecule has 2 unspecified atom stereocenters. The summed E-state index contributed by atoms with van der Waals surface area (Å²) in [5, 5.41) is 6.22. The molecule has 5 nitrogen and oxygen atoms in total. The van der Waals surface area contributed by atoms with Crippen molar-refractivity contribution < 1.29 is 9.53 Å². The van der Waals surface area contributed by atoms with E-state index in [9.17, 15) is 4.79 Å². The molecule has 0 spiro atoms. The lowest BCUT2D eigenvalue weighted by molar-refractivity contribution is 0.200. The number of piperidine rings is 1. The van der Waals surface area contributed by atoms with Gasteiger partial charge in [-0.05, 0) is 56.5 Å². The Labute approximate surface area is 152 Å². The van der Waals surface area contributed by atoms with E-state index < -0.39 is 0 Å². The van der Waals surface area contributed by atoms with E-state index in [0.29, 0.717) is 5.92 Å². The Morgan fingerprint density at radius 1 is 1.08 bits per heavy atom. The molecule has 5 heteroatoms. The first-order valence-electron chi connectivity index (χ1n) is 9.43.